The number of hydrogen-bond acceptors (Lipinski definition) is 12. The molecular formula is C15H21N5O8. The first kappa shape index (κ1) is 19.4. The summed E-state index contributed by atoms with van der Waals surface area (Å²) >= 11 is 0. The summed E-state index contributed by atoms with van der Waals surface area (Å²) in [5, 5.41) is 49.4. The van der Waals surface area contributed by atoms with Gasteiger partial charge in [-0.05, 0) is 0 Å². The summed E-state index contributed by atoms with van der Waals surface area (Å²) in [4.78, 5) is 12.0. The van der Waals surface area contributed by atoms with Crippen molar-refractivity contribution in [1.82, 2.24) is 19.5 Å². The van der Waals surface area contributed by atoms with Crippen LogP contribution in [0.25, 0.3) is 11.2 Å². The van der Waals surface area contributed by atoms with Gasteiger partial charge < -0.3 is 45.5 Å². The monoisotopic (exact) mass is 399 g/mol. The molecule has 0 radical (unpaired) electrons. The molecule has 0 aliphatic carbocycles. The quantitative estimate of drug-likeness (QED) is 0.290. The van der Waals surface area contributed by atoms with Gasteiger partial charge in [0.15, 0.2) is 24.0 Å². The fraction of sp³-hybridized carbons (Fsp3) is 0.667. The van der Waals surface area contributed by atoms with Gasteiger partial charge in [0.1, 0.15) is 48.5 Å². The van der Waals surface area contributed by atoms with Crippen molar-refractivity contribution in [3.8, 4) is 0 Å². The standard InChI is InChI=1S/C15H21N5O8/c16-12-7-13(18-3-17-12)20(4-19-7)14-10(24)9(23)6(27-14)2-26-15-11(25)8(22)5(1-21)28-15/h3-6,8-11,14-15,21-25H,1-2H2,(H2,16,17,18)/t5-,6-,8-,9?,10?,11+,14-,15?/m1/s1. The smallest absolute Gasteiger partial charge is 0.186 e. The van der Waals surface area contributed by atoms with Gasteiger partial charge in [0.2, 0.25) is 0 Å². The number of nitrogens with two attached hydrogens (primary N) is 1. The van der Waals surface area contributed by atoms with Gasteiger partial charge in [-0.15, -0.1) is 0 Å². The maximum absolute atomic E-state index is 10.4. The second-order valence-electron chi connectivity index (χ2n) is 6.67. The second-order valence-corrected chi connectivity index (χ2v) is 6.67. The first-order chi connectivity index (χ1) is 13.4. The van der Waals surface area contributed by atoms with Crippen LogP contribution in [0.3, 0.4) is 0 Å². The Hall–Kier alpha value is -1.97. The van der Waals surface area contributed by atoms with Crippen LogP contribution in [0.4, 0.5) is 5.82 Å². The highest BCUT2D eigenvalue weighted by atomic mass is 16.7. The van der Waals surface area contributed by atoms with E-state index in [0.717, 1.165) is 0 Å². The van der Waals surface area contributed by atoms with E-state index in [1.54, 1.807) is 0 Å². The van der Waals surface area contributed by atoms with E-state index in [1.807, 2.05) is 0 Å². The lowest BCUT2D eigenvalue weighted by atomic mass is 10.1. The molecule has 4 heterocycles. The van der Waals surface area contributed by atoms with Crippen LogP contribution in [0.5, 0.6) is 0 Å². The van der Waals surface area contributed by atoms with Crippen LogP contribution < -0.4 is 5.73 Å². The van der Waals surface area contributed by atoms with Crippen LogP contribution in [0.15, 0.2) is 12.7 Å². The fourth-order valence-corrected chi connectivity index (χ4v) is 3.35. The van der Waals surface area contributed by atoms with Gasteiger partial charge in [-0.3, -0.25) is 4.57 Å². The summed E-state index contributed by atoms with van der Waals surface area (Å²) in [7, 11) is 0. The normalized spacial score (nSPS) is 38.5. The number of hydrogen-bond donors (Lipinski definition) is 6. The molecule has 154 valence electrons. The highest BCUT2D eigenvalue weighted by Gasteiger charge is 2.47. The molecule has 2 aromatic rings. The Bertz CT molecular complexity index is 836. The van der Waals surface area contributed by atoms with E-state index < -0.39 is 55.7 Å². The van der Waals surface area contributed by atoms with E-state index in [2.05, 4.69) is 15.0 Å². The molecule has 0 amide bonds. The number of nitrogen functional groups attached to an aromatic ring is 1. The zero-order valence-corrected chi connectivity index (χ0v) is 14.5. The van der Waals surface area contributed by atoms with E-state index in [9.17, 15) is 20.4 Å². The van der Waals surface area contributed by atoms with Crippen molar-refractivity contribution in [2.24, 2.45) is 0 Å². The molecule has 0 saturated carbocycles. The SMILES string of the molecule is Nc1ncnc2c1ncn2[C@@H]1O[C@H](COC2O[C@H](CO)[C@@H](O)[C@@H]2O)C(O)C1O. The van der Waals surface area contributed by atoms with Gasteiger partial charge in [-0.1, -0.05) is 0 Å². The molecule has 8 atom stereocenters. The molecule has 2 aliphatic heterocycles. The number of aliphatic hydroxyl groups is 5. The van der Waals surface area contributed by atoms with Crippen LogP contribution in [0.2, 0.25) is 0 Å². The summed E-state index contributed by atoms with van der Waals surface area (Å²) in [6.45, 7) is -0.731. The van der Waals surface area contributed by atoms with Crippen molar-refractivity contribution in [2.45, 2.75) is 49.1 Å². The van der Waals surface area contributed by atoms with E-state index in [1.165, 1.54) is 17.2 Å². The number of anilines is 1. The lowest BCUT2D eigenvalue weighted by molar-refractivity contribution is -0.190. The summed E-state index contributed by atoms with van der Waals surface area (Å²) in [6, 6.07) is 0. The topological polar surface area (TPSA) is 198 Å². The molecule has 2 saturated heterocycles. The zero-order chi connectivity index (χ0) is 20.0. The minimum Gasteiger partial charge on any atom is -0.394 e. The molecule has 2 aromatic heterocycles. The Morgan fingerprint density at radius 3 is 2.46 bits per heavy atom. The maximum Gasteiger partial charge on any atom is 0.186 e. The van der Waals surface area contributed by atoms with Gasteiger partial charge in [0, 0.05) is 0 Å². The largest absolute Gasteiger partial charge is 0.394 e. The van der Waals surface area contributed by atoms with Crippen molar-refractivity contribution in [3.05, 3.63) is 12.7 Å². The molecule has 28 heavy (non-hydrogen) atoms. The van der Waals surface area contributed by atoms with Crippen molar-refractivity contribution >= 4 is 17.0 Å². The summed E-state index contributed by atoms with van der Waals surface area (Å²) in [5.41, 5.74) is 6.41. The molecular weight excluding hydrogens is 378 g/mol. The number of nitrogens with zero attached hydrogens (tertiary/aromatic N) is 4. The molecule has 7 N–H and O–H groups in total. The lowest BCUT2D eigenvalue weighted by Gasteiger charge is -2.20. The zero-order valence-electron chi connectivity index (χ0n) is 14.5. The maximum atomic E-state index is 10.4. The average Bonchev–Trinajstić information content (AvgIpc) is 3.32. The second kappa shape index (κ2) is 7.46. The van der Waals surface area contributed by atoms with Crippen LogP contribution >= 0.6 is 0 Å². The minimum atomic E-state index is -1.37. The minimum absolute atomic E-state index is 0.168. The predicted octanol–water partition coefficient (Wildman–Crippen LogP) is -3.52. The number of aromatic nitrogens is 4. The third kappa shape index (κ3) is 3.11. The molecule has 2 fully saturated rings. The number of ether oxygens (including phenoxy) is 3. The molecule has 3 unspecified atom stereocenters. The van der Waals surface area contributed by atoms with Crippen LogP contribution in [0, 0.1) is 0 Å². The molecule has 2 aliphatic rings. The Morgan fingerprint density at radius 2 is 1.75 bits per heavy atom. The third-order valence-corrected chi connectivity index (χ3v) is 4.92. The Kier molecular flexibility index (Phi) is 5.15. The summed E-state index contributed by atoms with van der Waals surface area (Å²) in [5.74, 6) is 0.168. The Labute approximate surface area is 157 Å². The van der Waals surface area contributed by atoms with Gasteiger partial charge in [-0.25, -0.2) is 15.0 Å². The Morgan fingerprint density at radius 1 is 1.00 bits per heavy atom. The van der Waals surface area contributed by atoms with Crippen molar-refractivity contribution in [1.29, 1.82) is 0 Å². The fourth-order valence-electron chi connectivity index (χ4n) is 3.35. The molecule has 0 bridgehead atoms. The first-order valence-electron chi connectivity index (χ1n) is 8.61. The van der Waals surface area contributed by atoms with Crippen LogP contribution in [-0.2, 0) is 14.2 Å². The predicted molar refractivity (Wildman–Crippen MR) is 89.4 cm³/mol. The van der Waals surface area contributed by atoms with Gasteiger partial charge in [0.05, 0.1) is 19.5 Å². The van der Waals surface area contributed by atoms with E-state index >= 15 is 0 Å². The van der Waals surface area contributed by atoms with E-state index in [0.29, 0.717) is 11.2 Å². The average molecular weight is 399 g/mol. The van der Waals surface area contributed by atoms with Gasteiger partial charge in [-0.2, -0.15) is 0 Å². The number of imidazole rings is 1. The van der Waals surface area contributed by atoms with Gasteiger partial charge >= 0.3 is 0 Å². The molecule has 0 spiro atoms. The third-order valence-electron chi connectivity index (χ3n) is 4.92. The first-order valence-corrected chi connectivity index (χ1v) is 8.61. The van der Waals surface area contributed by atoms with Crippen molar-refractivity contribution in [2.75, 3.05) is 18.9 Å². The van der Waals surface area contributed by atoms with E-state index in [4.69, 9.17) is 25.1 Å². The lowest BCUT2D eigenvalue weighted by Crippen LogP contribution is -2.38. The number of aliphatic hydroxyl groups excluding tert-OH is 5. The molecule has 13 heteroatoms. The highest BCUT2D eigenvalue weighted by Crippen LogP contribution is 2.33. The van der Waals surface area contributed by atoms with Crippen LogP contribution in [-0.4, -0.2) is 101 Å². The summed E-state index contributed by atoms with van der Waals surface area (Å²) < 4.78 is 17.7. The van der Waals surface area contributed by atoms with Crippen molar-refractivity contribution < 1.29 is 39.7 Å². The summed E-state index contributed by atoms with van der Waals surface area (Å²) in [6.07, 6.45) is -6.83. The molecule has 4 rings (SSSR count). The van der Waals surface area contributed by atoms with Gasteiger partial charge in [0.25, 0.3) is 0 Å². The highest BCUT2D eigenvalue weighted by molar-refractivity contribution is 5.81. The van der Waals surface area contributed by atoms with E-state index in [-0.39, 0.29) is 12.4 Å². The Balaban J connectivity index is 1.45. The number of fused-ring (bicyclic) bond motifs is 1. The van der Waals surface area contributed by atoms with Crippen LogP contribution in [0.1, 0.15) is 6.23 Å². The molecule has 13 nitrogen and oxygen atoms in total. The number of rotatable bonds is 5. The molecule has 0 aromatic carbocycles. The van der Waals surface area contributed by atoms with Crippen molar-refractivity contribution in [3.63, 3.8) is 0 Å².